The third kappa shape index (κ3) is 7.34. The predicted molar refractivity (Wildman–Crippen MR) is 190 cm³/mol. The molecule has 0 saturated heterocycles. The van der Waals surface area contributed by atoms with Gasteiger partial charge in [-0.3, -0.25) is 9.78 Å². The third-order valence-corrected chi connectivity index (χ3v) is 11.9. The van der Waals surface area contributed by atoms with Crippen LogP contribution in [0.25, 0.3) is 5.57 Å². The highest BCUT2D eigenvalue weighted by Crippen LogP contribution is 2.66. The lowest BCUT2D eigenvalue weighted by Gasteiger charge is -2.57. The summed E-state index contributed by atoms with van der Waals surface area (Å²) >= 11 is 0. The molecular formula is C41H53N3O5. The summed E-state index contributed by atoms with van der Waals surface area (Å²) in [6.45, 7) is 11.9. The summed E-state index contributed by atoms with van der Waals surface area (Å²) in [6, 6.07) is 11.9. The summed E-state index contributed by atoms with van der Waals surface area (Å²) < 4.78 is 11.5. The second-order valence-corrected chi connectivity index (χ2v) is 16.2. The number of pyridine rings is 1. The van der Waals surface area contributed by atoms with Crippen molar-refractivity contribution in [1.82, 2.24) is 15.6 Å². The number of ether oxygens (including phenoxy) is 2. The van der Waals surface area contributed by atoms with E-state index in [1.165, 1.54) is 29.6 Å². The highest BCUT2D eigenvalue weighted by Gasteiger charge is 2.57. The number of nitrogens with zero attached hydrogens (tertiary/aromatic N) is 1. The number of alkyl carbamates (subject to hydrolysis) is 1. The van der Waals surface area contributed by atoms with Gasteiger partial charge in [-0.15, -0.1) is 0 Å². The quantitative estimate of drug-likeness (QED) is 0.222. The number of amides is 2. The molecule has 0 bridgehead atoms. The minimum absolute atomic E-state index is 0.113. The summed E-state index contributed by atoms with van der Waals surface area (Å²) in [5.74, 6) is 0.979. The first kappa shape index (κ1) is 34.9. The highest BCUT2D eigenvalue weighted by molar-refractivity contribution is 5.89. The topological polar surface area (TPSA) is 107 Å². The molecule has 2 N–H and O–H groups in total. The average molecular weight is 668 g/mol. The molecule has 1 aromatic carbocycles. The monoisotopic (exact) mass is 667 g/mol. The zero-order valence-corrected chi connectivity index (χ0v) is 30.0. The van der Waals surface area contributed by atoms with Crippen molar-refractivity contribution >= 4 is 23.5 Å². The van der Waals surface area contributed by atoms with Crippen molar-refractivity contribution in [3.05, 3.63) is 83.7 Å². The lowest BCUT2D eigenvalue weighted by atomic mass is 9.47. The lowest BCUT2D eigenvalue weighted by Crippen LogP contribution is -2.53. The summed E-state index contributed by atoms with van der Waals surface area (Å²) in [4.78, 5) is 43.8. The zero-order valence-electron chi connectivity index (χ0n) is 30.0. The molecule has 6 rings (SSSR count). The second kappa shape index (κ2) is 13.8. The number of benzene rings is 1. The smallest absolute Gasteiger partial charge is 0.408 e. The Morgan fingerprint density at radius 2 is 1.69 bits per heavy atom. The molecule has 262 valence electrons. The van der Waals surface area contributed by atoms with Crippen molar-refractivity contribution in [2.75, 3.05) is 0 Å². The number of hydrogen-bond donors (Lipinski definition) is 2. The minimum atomic E-state index is -0.920. The number of carbonyl (C=O) groups is 3. The van der Waals surface area contributed by atoms with Crippen LogP contribution in [-0.4, -0.2) is 46.7 Å². The molecule has 0 radical (unpaired) electrons. The fraction of sp³-hybridized carbons (Fsp3) is 0.561. The highest BCUT2D eigenvalue weighted by atomic mass is 16.6. The van der Waals surface area contributed by atoms with Gasteiger partial charge >= 0.3 is 12.1 Å². The van der Waals surface area contributed by atoms with E-state index in [1.54, 1.807) is 27.7 Å². The van der Waals surface area contributed by atoms with E-state index in [4.69, 9.17) is 9.47 Å². The van der Waals surface area contributed by atoms with E-state index in [0.29, 0.717) is 17.8 Å². The molecular weight excluding hydrogens is 614 g/mol. The Morgan fingerprint density at radius 1 is 0.939 bits per heavy atom. The van der Waals surface area contributed by atoms with Crippen LogP contribution < -0.4 is 10.6 Å². The molecule has 2 aromatic rings. The molecule has 2 fully saturated rings. The molecule has 2 saturated carbocycles. The molecule has 4 aliphatic carbocycles. The van der Waals surface area contributed by atoms with Gasteiger partial charge in [0.2, 0.25) is 5.91 Å². The number of rotatable bonds is 8. The first-order chi connectivity index (χ1) is 23.3. The number of nitrogens with one attached hydrogen (secondary N) is 2. The van der Waals surface area contributed by atoms with Crippen LogP contribution in [-0.2, 0) is 25.5 Å². The van der Waals surface area contributed by atoms with E-state index in [1.807, 2.05) is 48.8 Å². The Hall–Kier alpha value is -3.94. The Bertz CT molecular complexity index is 1600. The molecule has 1 heterocycles. The summed E-state index contributed by atoms with van der Waals surface area (Å²) in [6.07, 6.45) is 15.3. The number of aromatic nitrogens is 1. The fourth-order valence-electron chi connectivity index (χ4n) is 9.41. The van der Waals surface area contributed by atoms with Crippen LogP contribution in [0.5, 0.6) is 0 Å². The van der Waals surface area contributed by atoms with E-state index in [-0.39, 0.29) is 23.4 Å². The van der Waals surface area contributed by atoms with E-state index in [0.717, 1.165) is 37.7 Å². The van der Waals surface area contributed by atoms with Crippen molar-refractivity contribution < 1.29 is 23.9 Å². The summed E-state index contributed by atoms with van der Waals surface area (Å²) in [5.41, 5.74) is 4.64. The van der Waals surface area contributed by atoms with E-state index in [2.05, 4.69) is 47.7 Å². The van der Waals surface area contributed by atoms with Crippen LogP contribution in [0.2, 0.25) is 0 Å². The van der Waals surface area contributed by atoms with Crippen LogP contribution in [0.1, 0.15) is 97.6 Å². The van der Waals surface area contributed by atoms with Crippen LogP contribution in [0.3, 0.4) is 0 Å². The Morgan fingerprint density at radius 3 is 2.41 bits per heavy atom. The summed E-state index contributed by atoms with van der Waals surface area (Å²) in [7, 11) is 0. The lowest BCUT2D eigenvalue weighted by molar-refractivity contribution is -0.154. The normalized spacial score (nSPS) is 30.2. The first-order valence-corrected chi connectivity index (χ1v) is 18.1. The van der Waals surface area contributed by atoms with Crippen molar-refractivity contribution in [3.8, 4) is 0 Å². The van der Waals surface area contributed by atoms with Gasteiger partial charge in [-0.25, -0.2) is 9.59 Å². The van der Waals surface area contributed by atoms with Gasteiger partial charge in [0.1, 0.15) is 23.8 Å². The molecule has 8 nitrogen and oxygen atoms in total. The molecule has 1 unspecified atom stereocenters. The number of fused-ring (bicyclic) bond motifs is 5. The number of allylic oxidation sites excluding steroid dienone is 3. The summed E-state index contributed by atoms with van der Waals surface area (Å²) in [5, 5.41) is 5.49. The Labute approximate surface area is 291 Å². The molecule has 8 heteroatoms. The number of carbonyl (C=O) groups excluding carboxylic acids is 3. The molecule has 0 spiro atoms. The molecule has 2 amide bonds. The van der Waals surface area contributed by atoms with E-state index >= 15 is 0 Å². The van der Waals surface area contributed by atoms with Gasteiger partial charge in [-0.05, 0) is 118 Å². The largest absolute Gasteiger partial charge is 0.461 e. The predicted octanol–water partition coefficient (Wildman–Crippen LogP) is 7.59. The van der Waals surface area contributed by atoms with Crippen LogP contribution in [0.15, 0.2) is 72.6 Å². The van der Waals surface area contributed by atoms with Gasteiger partial charge in [-0.1, -0.05) is 68.0 Å². The van der Waals surface area contributed by atoms with Crippen molar-refractivity contribution in [2.24, 2.45) is 28.6 Å². The van der Waals surface area contributed by atoms with Gasteiger partial charge in [0.25, 0.3) is 0 Å². The van der Waals surface area contributed by atoms with Crippen LogP contribution in [0.4, 0.5) is 4.79 Å². The second-order valence-electron chi connectivity index (χ2n) is 16.2. The standard InChI is InChI=1S/C41H53N3O5/c1-26(43-36(45)35(23-27-11-8-7-9-12-27)44-38(47)49-39(2,3)4)37(46)48-30-18-20-40(5)29(24-30)14-15-31-33-17-16-32(28-13-10-22-42-25-28)41(33,6)21-19-34(31)40/h7-14,16,22,25-26,30-31,33-35H,15,17-21,23-24H2,1-6H3,(H,43,45)(H,44,47)/t26?,30-,31-,33-,34-,35-,40-,41+/m0/s1. The van der Waals surface area contributed by atoms with Crippen LogP contribution in [0, 0.1) is 28.6 Å². The van der Waals surface area contributed by atoms with Gasteiger partial charge in [0.15, 0.2) is 0 Å². The maximum absolute atomic E-state index is 13.4. The molecule has 0 aliphatic heterocycles. The van der Waals surface area contributed by atoms with E-state index < -0.39 is 35.7 Å². The first-order valence-electron chi connectivity index (χ1n) is 18.1. The SMILES string of the molecule is CC(NC(=O)[C@H](Cc1ccccc1)NC(=O)OC(C)(C)C)C(=O)O[C@H]1CC[C@@]2(C)C(=CC[C@@H]3[C@@H]2CC[C@]2(C)C(c4cccnc4)=CC[C@@H]32)C1. The van der Waals surface area contributed by atoms with Gasteiger partial charge in [-0.2, -0.15) is 0 Å². The average Bonchev–Trinajstić information content (AvgIpc) is 3.42. The maximum atomic E-state index is 13.4. The van der Waals surface area contributed by atoms with Crippen LogP contribution >= 0.6 is 0 Å². The third-order valence-electron chi connectivity index (χ3n) is 11.9. The zero-order chi connectivity index (χ0) is 35.0. The molecule has 8 atom stereocenters. The fourth-order valence-corrected chi connectivity index (χ4v) is 9.41. The van der Waals surface area contributed by atoms with E-state index in [9.17, 15) is 14.4 Å². The van der Waals surface area contributed by atoms with Crippen molar-refractivity contribution in [2.45, 2.75) is 117 Å². The maximum Gasteiger partial charge on any atom is 0.408 e. The Balaban J connectivity index is 1.07. The minimum Gasteiger partial charge on any atom is -0.461 e. The number of esters is 1. The van der Waals surface area contributed by atoms with Gasteiger partial charge in [0, 0.05) is 25.2 Å². The van der Waals surface area contributed by atoms with Gasteiger partial charge < -0.3 is 20.1 Å². The van der Waals surface area contributed by atoms with Gasteiger partial charge in [0.05, 0.1) is 0 Å². The van der Waals surface area contributed by atoms with Crippen molar-refractivity contribution in [3.63, 3.8) is 0 Å². The number of hydrogen-bond acceptors (Lipinski definition) is 6. The molecule has 4 aliphatic rings. The molecule has 1 aromatic heterocycles. The Kier molecular flexibility index (Phi) is 9.80. The molecule has 49 heavy (non-hydrogen) atoms. The van der Waals surface area contributed by atoms with Crippen molar-refractivity contribution in [1.29, 1.82) is 0 Å².